The van der Waals surface area contributed by atoms with Crippen LogP contribution < -0.4 is 4.72 Å². The van der Waals surface area contributed by atoms with Crippen molar-refractivity contribution < 1.29 is 13.2 Å². The molecule has 1 fully saturated rings. The molecule has 1 aromatic heterocycles. The number of rotatable bonds is 7. The molecule has 26 heavy (non-hydrogen) atoms. The normalized spacial score (nSPS) is 15.9. The van der Waals surface area contributed by atoms with E-state index in [-0.39, 0.29) is 11.7 Å². The Kier molecular flexibility index (Phi) is 6.42. The summed E-state index contributed by atoms with van der Waals surface area (Å²) >= 11 is 1.46. The van der Waals surface area contributed by atoms with E-state index in [4.69, 9.17) is 0 Å². The lowest BCUT2D eigenvalue weighted by Gasteiger charge is -2.34. The molecule has 0 aliphatic carbocycles. The van der Waals surface area contributed by atoms with E-state index < -0.39 is 10.0 Å². The highest BCUT2D eigenvalue weighted by Crippen LogP contribution is 2.13. The third kappa shape index (κ3) is 5.38. The van der Waals surface area contributed by atoms with Gasteiger partial charge in [-0.05, 0) is 17.0 Å². The van der Waals surface area contributed by atoms with Crippen LogP contribution in [0.1, 0.15) is 15.2 Å². The predicted molar refractivity (Wildman–Crippen MR) is 104 cm³/mol. The molecular weight excluding hydrogens is 370 g/mol. The van der Waals surface area contributed by atoms with Crippen molar-refractivity contribution in [3.8, 4) is 0 Å². The van der Waals surface area contributed by atoms with Gasteiger partial charge in [0.05, 0.1) is 10.6 Å². The molecule has 0 radical (unpaired) electrons. The Morgan fingerprint density at radius 2 is 1.77 bits per heavy atom. The highest BCUT2D eigenvalue weighted by molar-refractivity contribution is 7.88. The molecule has 1 aliphatic rings. The number of nitrogens with one attached hydrogen (secondary N) is 1. The Bertz CT molecular complexity index is 799. The fourth-order valence-corrected chi connectivity index (χ4v) is 4.76. The number of benzene rings is 1. The van der Waals surface area contributed by atoms with Gasteiger partial charge in [0.25, 0.3) is 5.91 Å². The number of amides is 1. The first-order valence-corrected chi connectivity index (χ1v) is 11.1. The first kappa shape index (κ1) is 19.0. The molecule has 8 heteroatoms. The summed E-state index contributed by atoms with van der Waals surface area (Å²) in [4.78, 5) is 17.1. The van der Waals surface area contributed by atoms with Crippen molar-refractivity contribution in [2.45, 2.75) is 5.75 Å². The van der Waals surface area contributed by atoms with Crippen LogP contribution >= 0.6 is 11.3 Å². The molecule has 2 aromatic rings. The van der Waals surface area contributed by atoms with Gasteiger partial charge >= 0.3 is 0 Å². The van der Waals surface area contributed by atoms with Crippen LogP contribution in [0.15, 0.2) is 47.8 Å². The minimum Gasteiger partial charge on any atom is -0.335 e. The smallest absolute Gasteiger partial charge is 0.264 e. The Hall–Kier alpha value is -1.74. The van der Waals surface area contributed by atoms with Crippen molar-refractivity contribution >= 4 is 27.3 Å². The third-order valence-electron chi connectivity index (χ3n) is 4.34. The van der Waals surface area contributed by atoms with Crippen molar-refractivity contribution in [3.05, 3.63) is 58.3 Å². The first-order valence-electron chi connectivity index (χ1n) is 8.60. The molecule has 0 saturated carbocycles. The standard InChI is InChI=1S/C18H23N3O3S2/c22-18(17-7-4-14-25-17)21-12-10-20(11-13-21)9-8-19-26(23,24)15-16-5-2-1-3-6-16/h1-7,14,19H,8-13,15H2. The number of piperazine rings is 1. The lowest BCUT2D eigenvalue weighted by molar-refractivity contribution is 0.0645. The molecule has 2 heterocycles. The van der Waals surface area contributed by atoms with E-state index >= 15 is 0 Å². The maximum absolute atomic E-state index is 12.3. The van der Waals surface area contributed by atoms with Gasteiger partial charge in [0, 0.05) is 39.3 Å². The Labute approximate surface area is 158 Å². The van der Waals surface area contributed by atoms with Crippen LogP contribution in [0.4, 0.5) is 0 Å². The van der Waals surface area contributed by atoms with Gasteiger partial charge in [-0.3, -0.25) is 9.69 Å². The second kappa shape index (κ2) is 8.77. The third-order valence-corrected chi connectivity index (χ3v) is 6.56. The summed E-state index contributed by atoms with van der Waals surface area (Å²) in [6, 6.07) is 12.9. The number of carbonyl (C=O) groups excluding carboxylic acids is 1. The fraction of sp³-hybridized carbons (Fsp3) is 0.389. The summed E-state index contributed by atoms with van der Waals surface area (Å²) in [5.74, 6) is 0.0833. The lowest BCUT2D eigenvalue weighted by Crippen LogP contribution is -2.50. The van der Waals surface area contributed by atoms with Crippen LogP contribution in [0, 0.1) is 0 Å². The van der Waals surface area contributed by atoms with E-state index in [1.807, 2.05) is 52.7 Å². The number of hydrogen-bond donors (Lipinski definition) is 1. The lowest BCUT2D eigenvalue weighted by atomic mass is 10.2. The zero-order chi connectivity index (χ0) is 18.4. The van der Waals surface area contributed by atoms with E-state index in [0.29, 0.717) is 26.2 Å². The summed E-state index contributed by atoms with van der Waals surface area (Å²) in [6.45, 7) is 3.90. The summed E-state index contributed by atoms with van der Waals surface area (Å²) in [7, 11) is -3.33. The van der Waals surface area contributed by atoms with Crippen molar-refractivity contribution in [1.29, 1.82) is 0 Å². The summed E-state index contributed by atoms with van der Waals surface area (Å²) < 4.78 is 26.9. The molecule has 1 aliphatic heterocycles. The van der Waals surface area contributed by atoms with Gasteiger partial charge in [-0.15, -0.1) is 11.3 Å². The predicted octanol–water partition coefficient (Wildman–Crippen LogP) is 1.63. The average Bonchev–Trinajstić information content (AvgIpc) is 3.17. The zero-order valence-electron chi connectivity index (χ0n) is 14.5. The quantitative estimate of drug-likeness (QED) is 0.776. The molecule has 0 spiro atoms. The minimum atomic E-state index is -3.33. The molecule has 0 unspecified atom stereocenters. The van der Waals surface area contributed by atoms with Crippen LogP contribution in [-0.2, 0) is 15.8 Å². The number of hydrogen-bond acceptors (Lipinski definition) is 5. The maximum Gasteiger partial charge on any atom is 0.264 e. The Morgan fingerprint density at radius 1 is 1.04 bits per heavy atom. The SMILES string of the molecule is O=C(c1cccs1)N1CCN(CCNS(=O)(=O)Cc2ccccc2)CC1. The molecule has 0 bridgehead atoms. The molecule has 1 saturated heterocycles. The number of sulfonamides is 1. The molecular formula is C18H23N3O3S2. The number of nitrogens with zero attached hydrogens (tertiary/aromatic N) is 2. The fourth-order valence-electron chi connectivity index (χ4n) is 2.93. The molecule has 1 N–H and O–H groups in total. The van der Waals surface area contributed by atoms with Gasteiger partial charge in [0.1, 0.15) is 0 Å². The van der Waals surface area contributed by atoms with Crippen LogP contribution in [0.2, 0.25) is 0 Å². The van der Waals surface area contributed by atoms with Crippen molar-refractivity contribution in [2.24, 2.45) is 0 Å². The van der Waals surface area contributed by atoms with Crippen LogP contribution in [0.3, 0.4) is 0 Å². The van der Waals surface area contributed by atoms with Crippen LogP contribution in [0.25, 0.3) is 0 Å². The molecule has 1 amide bonds. The summed E-state index contributed by atoms with van der Waals surface area (Å²) in [5, 5.41) is 1.91. The Balaban J connectivity index is 1.39. The van der Waals surface area contributed by atoms with Gasteiger partial charge < -0.3 is 4.90 Å². The minimum absolute atomic E-state index is 0.00304. The maximum atomic E-state index is 12.3. The molecule has 3 rings (SSSR count). The second-order valence-corrected chi connectivity index (χ2v) is 9.00. The van der Waals surface area contributed by atoms with Gasteiger partial charge in [-0.2, -0.15) is 0 Å². The monoisotopic (exact) mass is 393 g/mol. The molecule has 1 aromatic carbocycles. The number of carbonyl (C=O) groups is 1. The van der Waals surface area contributed by atoms with Crippen LogP contribution in [-0.4, -0.2) is 63.4 Å². The largest absolute Gasteiger partial charge is 0.335 e. The van der Waals surface area contributed by atoms with Gasteiger partial charge in [0.2, 0.25) is 10.0 Å². The van der Waals surface area contributed by atoms with Gasteiger partial charge in [0.15, 0.2) is 0 Å². The molecule has 6 nitrogen and oxygen atoms in total. The summed E-state index contributed by atoms with van der Waals surface area (Å²) in [5.41, 5.74) is 0.778. The van der Waals surface area contributed by atoms with E-state index in [1.54, 1.807) is 0 Å². The first-order chi connectivity index (χ1) is 12.5. The van der Waals surface area contributed by atoms with E-state index in [9.17, 15) is 13.2 Å². The van der Waals surface area contributed by atoms with Crippen molar-refractivity contribution in [2.75, 3.05) is 39.3 Å². The van der Waals surface area contributed by atoms with E-state index in [2.05, 4.69) is 9.62 Å². The van der Waals surface area contributed by atoms with Gasteiger partial charge in [-0.25, -0.2) is 13.1 Å². The Morgan fingerprint density at radius 3 is 2.42 bits per heavy atom. The van der Waals surface area contributed by atoms with Crippen molar-refractivity contribution in [3.63, 3.8) is 0 Å². The molecule has 140 valence electrons. The van der Waals surface area contributed by atoms with E-state index in [0.717, 1.165) is 23.5 Å². The number of thiophene rings is 1. The topological polar surface area (TPSA) is 69.7 Å². The average molecular weight is 394 g/mol. The molecule has 0 atom stereocenters. The summed E-state index contributed by atoms with van der Waals surface area (Å²) in [6.07, 6.45) is 0. The second-order valence-electron chi connectivity index (χ2n) is 6.25. The van der Waals surface area contributed by atoms with Crippen LogP contribution in [0.5, 0.6) is 0 Å². The van der Waals surface area contributed by atoms with Gasteiger partial charge in [-0.1, -0.05) is 36.4 Å². The van der Waals surface area contributed by atoms with E-state index in [1.165, 1.54) is 11.3 Å². The zero-order valence-corrected chi connectivity index (χ0v) is 16.1. The highest BCUT2D eigenvalue weighted by atomic mass is 32.2. The van der Waals surface area contributed by atoms with Crippen molar-refractivity contribution in [1.82, 2.24) is 14.5 Å². The highest BCUT2D eigenvalue weighted by Gasteiger charge is 2.22.